The Labute approximate surface area is 164 Å². The van der Waals surface area contributed by atoms with Crippen molar-refractivity contribution in [1.82, 2.24) is 0 Å². The second-order valence-corrected chi connectivity index (χ2v) is 5.59. The van der Waals surface area contributed by atoms with Gasteiger partial charge in [0.05, 0.1) is 38.6 Å². The van der Waals surface area contributed by atoms with Crippen LogP contribution in [0, 0.1) is 0 Å². The molecule has 0 N–H and O–H groups in total. The summed E-state index contributed by atoms with van der Waals surface area (Å²) in [6.07, 6.45) is 0. The summed E-state index contributed by atoms with van der Waals surface area (Å²) in [6, 6.07) is 9.54. The van der Waals surface area contributed by atoms with Crippen molar-refractivity contribution >= 4 is 11.8 Å². The van der Waals surface area contributed by atoms with Gasteiger partial charge in [-0.05, 0) is 44.2 Å². The maximum atomic E-state index is 12.4. The van der Waals surface area contributed by atoms with Crippen LogP contribution in [0.2, 0.25) is 0 Å². The van der Waals surface area contributed by atoms with Crippen LogP contribution < -0.4 is 18.9 Å². The van der Waals surface area contributed by atoms with Gasteiger partial charge in [-0.15, -0.1) is 0 Å². The highest BCUT2D eigenvalue weighted by atomic mass is 16.5. The molecule has 2 aromatic rings. The van der Waals surface area contributed by atoms with Crippen molar-refractivity contribution < 1.29 is 33.3 Å². The number of carbonyl (C=O) groups excluding carboxylic acids is 2. The second-order valence-electron chi connectivity index (χ2n) is 5.59. The number of benzene rings is 2. The van der Waals surface area contributed by atoms with Gasteiger partial charge in [-0.2, -0.15) is 0 Å². The Morgan fingerprint density at radius 3 is 2.18 bits per heavy atom. The van der Waals surface area contributed by atoms with Crippen molar-refractivity contribution in [2.24, 2.45) is 0 Å². The fourth-order valence-corrected chi connectivity index (χ4v) is 2.50. The molecule has 7 heteroatoms. The number of carbonyl (C=O) groups is 2. The molecule has 150 valence electrons. The van der Waals surface area contributed by atoms with Gasteiger partial charge in [0, 0.05) is 6.07 Å². The molecular weight excluding hydrogens is 364 g/mol. The smallest absolute Gasteiger partial charge is 0.338 e. The SMILES string of the molecule is CCOc1ccc(C(=O)OCC(=O)c2ccc(OC)cc2OC)cc1OCC. The minimum absolute atomic E-state index is 0.265. The highest BCUT2D eigenvalue weighted by molar-refractivity contribution is 6.01. The first kappa shape index (κ1) is 21.1. The fourth-order valence-electron chi connectivity index (χ4n) is 2.50. The van der Waals surface area contributed by atoms with E-state index in [1.807, 2.05) is 13.8 Å². The summed E-state index contributed by atoms with van der Waals surface area (Å²) < 4.78 is 26.4. The molecule has 2 rings (SSSR count). The van der Waals surface area contributed by atoms with Crippen molar-refractivity contribution in [3.8, 4) is 23.0 Å². The van der Waals surface area contributed by atoms with Crippen LogP contribution in [0.15, 0.2) is 36.4 Å². The van der Waals surface area contributed by atoms with E-state index in [2.05, 4.69) is 0 Å². The Morgan fingerprint density at radius 1 is 0.821 bits per heavy atom. The third-order valence-corrected chi connectivity index (χ3v) is 3.82. The van der Waals surface area contributed by atoms with Crippen LogP contribution in [0.5, 0.6) is 23.0 Å². The highest BCUT2D eigenvalue weighted by Gasteiger charge is 2.17. The van der Waals surface area contributed by atoms with Gasteiger partial charge in [0.15, 0.2) is 18.1 Å². The van der Waals surface area contributed by atoms with E-state index in [0.29, 0.717) is 41.8 Å². The van der Waals surface area contributed by atoms with Crippen molar-refractivity contribution in [2.45, 2.75) is 13.8 Å². The molecule has 0 aromatic heterocycles. The summed E-state index contributed by atoms with van der Waals surface area (Å²) in [4.78, 5) is 24.8. The van der Waals surface area contributed by atoms with Crippen molar-refractivity contribution in [1.29, 1.82) is 0 Å². The number of hydrogen-bond donors (Lipinski definition) is 0. The Morgan fingerprint density at radius 2 is 1.54 bits per heavy atom. The molecule has 0 spiro atoms. The molecule has 0 aliphatic rings. The van der Waals surface area contributed by atoms with E-state index < -0.39 is 12.6 Å². The summed E-state index contributed by atoms with van der Waals surface area (Å²) in [5.41, 5.74) is 0.569. The zero-order valence-electron chi connectivity index (χ0n) is 16.4. The molecule has 0 saturated carbocycles. The summed E-state index contributed by atoms with van der Waals surface area (Å²) in [5.74, 6) is 0.874. The standard InChI is InChI=1S/C21H24O7/c1-5-26-18-10-7-14(11-20(18)27-6-2)21(23)28-13-17(22)16-9-8-15(24-3)12-19(16)25-4/h7-12H,5-6,13H2,1-4H3. The van der Waals surface area contributed by atoms with Gasteiger partial charge in [0.2, 0.25) is 5.78 Å². The van der Waals surface area contributed by atoms with Gasteiger partial charge in [-0.25, -0.2) is 4.79 Å². The number of ketones is 1. The van der Waals surface area contributed by atoms with Crippen LogP contribution >= 0.6 is 0 Å². The fraction of sp³-hybridized carbons (Fsp3) is 0.333. The van der Waals surface area contributed by atoms with Crippen LogP contribution in [0.3, 0.4) is 0 Å². The molecular formula is C21H24O7. The molecule has 0 atom stereocenters. The lowest BCUT2D eigenvalue weighted by molar-refractivity contribution is 0.0473. The highest BCUT2D eigenvalue weighted by Crippen LogP contribution is 2.29. The van der Waals surface area contributed by atoms with Gasteiger partial charge in [0.25, 0.3) is 0 Å². The molecule has 0 heterocycles. The minimum Gasteiger partial charge on any atom is -0.497 e. The lowest BCUT2D eigenvalue weighted by Crippen LogP contribution is -2.15. The lowest BCUT2D eigenvalue weighted by atomic mass is 10.1. The molecule has 0 aliphatic heterocycles. The Hall–Kier alpha value is -3.22. The summed E-state index contributed by atoms with van der Waals surface area (Å²) in [7, 11) is 2.97. The maximum Gasteiger partial charge on any atom is 0.338 e. The number of rotatable bonds is 10. The van der Waals surface area contributed by atoms with Gasteiger partial charge in [-0.1, -0.05) is 0 Å². The molecule has 0 amide bonds. The van der Waals surface area contributed by atoms with Crippen LogP contribution in [0.4, 0.5) is 0 Å². The average Bonchev–Trinajstić information content (AvgIpc) is 2.72. The monoisotopic (exact) mass is 388 g/mol. The predicted octanol–water partition coefficient (Wildman–Crippen LogP) is 3.54. The van der Waals surface area contributed by atoms with Crippen LogP contribution in [0.25, 0.3) is 0 Å². The summed E-state index contributed by atoms with van der Waals surface area (Å²) in [6.45, 7) is 4.17. The van der Waals surface area contributed by atoms with Crippen LogP contribution in [-0.2, 0) is 4.74 Å². The number of Topliss-reactive ketones (excluding diaryl/α,β-unsaturated/α-hetero) is 1. The third kappa shape index (κ3) is 5.16. The minimum atomic E-state index is -0.634. The molecule has 0 unspecified atom stereocenters. The summed E-state index contributed by atoms with van der Waals surface area (Å²) >= 11 is 0. The first-order valence-electron chi connectivity index (χ1n) is 8.86. The van der Waals surface area contributed by atoms with Gasteiger partial charge in [0.1, 0.15) is 11.5 Å². The molecule has 0 fully saturated rings. The number of ether oxygens (including phenoxy) is 5. The van der Waals surface area contributed by atoms with E-state index >= 15 is 0 Å². The van der Waals surface area contributed by atoms with E-state index in [1.54, 1.807) is 30.3 Å². The van der Waals surface area contributed by atoms with Crippen molar-refractivity contribution in [3.05, 3.63) is 47.5 Å². The number of methoxy groups -OCH3 is 2. The lowest BCUT2D eigenvalue weighted by Gasteiger charge is -2.12. The number of esters is 1. The molecule has 7 nitrogen and oxygen atoms in total. The van der Waals surface area contributed by atoms with Crippen LogP contribution in [0.1, 0.15) is 34.6 Å². The van der Waals surface area contributed by atoms with E-state index in [1.165, 1.54) is 20.3 Å². The van der Waals surface area contributed by atoms with E-state index in [4.69, 9.17) is 23.7 Å². The Balaban J connectivity index is 2.09. The van der Waals surface area contributed by atoms with Crippen molar-refractivity contribution in [3.63, 3.8) is 0 Å². The van der Waals surface area contributed by atoms with Crippen LogP contribution in [-0.4, -0.2) is 45.8 Å². The second kappa shape index (κ2) is 10.2. The summed E-state index contributed by atoms with van der Waals surface area (Å²) in [5, 5.41) is 0. The average molecular weight is 388 g/mol. The molecule has 2 aromatic carbocycles. The predicted molar refractivity (Wildman–Crippen MR) is 103 cm³/mol. The molecule has 0 aliphatic carbocycles. The Bertz CT molecular complexity index is 829. The van der Waals surface area contributed by atoms with Gasteiger partial charge >= 0.3 is 5.97 Å². The molecule has 0 bridgehead atoms. The zero-order valence-corrected chi connectivity index (χ0v) is 16.4. The normalized spacial score (nSPS) is 10.1. The molecule has 0 saturated heterocycles. The van der Waals surface area contributed by atoms with E-state index in [-0.39, 0.29) is 11.3 Å². The molecule has 0 radical (unpaired) electrons. The zero-order chi connectivity index (χ0) is 20.5. The quantitative estimate of drug-likeness (QED) is 0.455. The largest absolute Gasteiger partial charge is 0.497 e. The third-order valence-electron chi connectivity index (χ3n) is 3.82. The maximum absolute atomic E-state index is 12.4. The Kier molecular flexibility index (Phi) is 7.68. The number of hydrogen-bond acceptors (Lipinski definition) is 7. The molecule has 28 heavy (non-hydrogen) atoms. The van der Waals surface area contributed by atoms with Crippen molar-refractivity contribution in [2.75, 3.05) is 34.0 Å². The first-order valence-corrected chi connectivity index (χ1v) is 8.86. The topological polar surface area (TPSA) is 80.3 Å². The van der Waals surface area contributed by atoms with Gasteiger partial charge < -0.3 is 23.7 Å². The van der Waals surface area contributed by atoms with E-state index in [0.717, 1.165) is 0 Å². The first-order chi connectivity index (χ1) is 13.5. The van der Waals surface area contributed by atoms with E-state index in [9.17, 15) is 9.59 Å². The van der Waals surface area contributed by atoms with Gasteiger partial charge in [-0.3, -0.25) is 4.79 Å².